The third kappa shape index (κ3) is 3.21. The summed E-state index contributed by atoms with van der Waals surface area (Å²) in [6.45, 7) is 0. The van der Waals surface area contributed by atoms with Gasteiger partial charge in [-0.1, -0.05) is 12.1 Å². The minimum Gasteiger partial charge on any atom is -0.508 e. The number of rotatable bonds is 4. The Bertz CT molecular complexity index is 679. The zero-order valence-electron chi connectivity index (χ0n) is 11.0. The number of phenolic OH excluding ortho intramolecular Hbond substituents is 1. The van der Waals surface area contributed by atoms with Gasteiger partial charge in [0.2, 0.25) is 10.0 Å². The molecule has 0 aromatic heterocycles. The minimum absolute atomic E-state index is 0.0954. The molecule has 20 heavy (non-hydrogen) atoms. The molecule has 106 valence electrons. The molecule has 0 bridgehead atoms. The lowest BCUT2D eigenvalue weighted by molar-refractivity contribution is 0.475. The number of benzene rings is 2. The van der Waals surface area contributed by atoms with Crippen molar-refractivity contribution in [3.63, 3.8) is 0 Å². The molecule has 0 saturated carbocycles. The Morgan fingerprint density at radius 3 is 2.15 bits per heavy atom. The van der Waals surface area contributed by atoms with Crippen LogP contribution in [-0.4, -0.2) is 20.6 Å². The Morgan fingerprint density at radius 1 is 1.05 bits per heavy atom. The normalized spacial score (nSPS) is 11.2. The Balaban J connectivity index is 2.21. The van der Waals surface area contributed by atoms with Crippen LogP contribution in [0.5, 0.6) is 5.75 Å². The molecular formula is C14H16N2O3S. The second kappa shape index (κ2) is 5.42. The van der Waals surface area contributed by atoms with E-state index in [1.54, 1.807) is 36.4 Å². The molecule has 0 aliphatic carbocycles. The monoisotopic (exact) mass is 292 g/mol. The Morgan fingerprint density at radius 2 is 1.60 bits per heavy atom. The lowest BCUT2D eigenvalue weighted by Crippen LogP contribution is -2.27. The maximum Gasteiger partial charge on any atom is 0.239 e. The maximum atomic E-state index is 12.3. The number of phenols is 1. The van der Waals surface area contributed by atoms with Gasteiger partial charge in [0.05, 0.1) is 11.4 Å². The molecule has 0 amide bonds. The van der Waals surface area contributed by atoms with E-state index in [0.717, 1.165) is 0 Å². The lowest BCUT2D eigenvalue weighted by Gasteiger charge is -2.19. The van der Waals surface area contributed by atoms with Crippen molar-refractivity contribution < 1.29 is 13.5 Å². The van der Waals surface area contributed by atoms with Gasteiger partial charge < -0.3 is 10.8 Å². The zero-order chi connectivity index (χ0) is 14.8. The van der Waals surface area contributed by atoms with Crippen LogP contribution >= 0.6 is 0 Å². The third-order valence-corrected chi connectivity index (χ3v) is 4.70. The number of sulfonamides is 1. The van der Waals surface area contributed by atoms with Gasteiger partial charge in [0, 0.05) is 12.7 Å². The van der Waals surface area contributed by atoms with Crippen LogP contribution in [0.15, 0.2) is 48.5 Å². The SMILES string of the molecule is CN(c1ccc(O)cc1)S(=O)(=O)Cc1ccc(N)cc1. The number of aromatic hydroxyl groups is 1. The molecule has 2 aromatic carbocycles. The van der Waals surface area contributed by atoms with Gasteiger partial charge in [-0.05, 0) is 42.0 Å². The van der Waals surface area contributed by atoms with Crippen molar-refractivity contribution in [1.82, 2.24) is 0 Å². The van der Waals surface area contributed by atoms with Gasteiger partial charge in [0.1, 0.15) is 5.75 Å². The topological polar surface area (TPSA) is 83.6 Å². The fourth-order valence-corrected chi connectivity index (χ4v) is 2.99. The van der Waals surface area contributed by atoms with Gasteiger partial charge in [0.15, 0.2) is 0 Å². The lowest BCUT2D eigenvalue weighted by atomic mass is 10.2. The quantitative estimate of drug-likeness (QED) is 0.844. The molecular weight excluding hydrogens is 276 g/mol. The first-order chi connectivity index (χ1) is 9.38. The molecule has 0 fully saturated rings. The van der Waals surface area contributed by atoms with E-state index in [2.05, 4.69) is 0 Å². The number of hydrogen-bond donors (Lipinski definition) is 2. The summed E-state index contributed by atoms with van der Waals surface area (Å²) < 4.78 is 25.8. The molecule has 0 radical (unpaired) electrons. The number of hydrogen-bond acceptors (Lipinski definition) is 4. The average Bonchev–Trinajstić information content (AvgIpc) is 2.41. The van der Waals surface area contributed by atoms with Gasteiger partial charge >= 0.3 is 0 Å². The minimum atomic E-state index is -3.48. The Kier molecular flexibility index (Phi) is 3.85. The van der Waals surface area contributed by atoms with Gasteiger partial charge in [0.25, 0.3) is 0 Å². The van der Waals surface area contributed by atoms with Crippen LogP contribution in [0.1, 0.15) is 5.56 Å². The molecule has 0 aliphatic rings. The highest BCUT2D eigenvalue weighted by Gasteiger charge is 2.19. The molecule has 5 nitrogen and oxygen atoms in total. The van der Waals surface area contributed by atoms with E-state index in [1.165, 1.54) is 23.5 Å². The van der Waals surface area contributed by atoms with E-state index in [0.29, 0.717) is 16.9 Å². The number of nitrogens with zero attached hydrogens (tertiary/aromatic N) is 1. The van der Waals surface area contributed by atoms with E-state index in [1.807, 2.05) is 0 Å². The predicted molar refractivity (Wildman–Crippen MR) is 80.0 cm³/mol. The van der Waals surface area contributed by atoms with E-state index >= 15 is 0 Å². The van der Waals surface area contributed by atoms with Crippen LogP contribution < -0.4 is 10.0 Å². The first-order valence-corrected chi connectivity index (χ1v) is 7.59. The molecule has 2 aromatic rings. The van der Waals surface area contributed by atoms with Gasteiger partial charge in [-0.2, -0.15) is 0 Å². The number of nitrogens with two attached hydrogens (primary N) is 1. The molecule has 6 heteroatoms. The van der Waals surface area contributed by atoms with E-state index < -0.39 is 10.0 Å². The molecule has 3 N–H and O–H groups in total. The molecule has 0 aliphatic heterocycles. The second-order valence-corrected chi connectivity index (χ2v) is 6.48. The molecule has 0 spiro atoms. The van der Waals surface area contributed by atoms with Crippen molar-refractivity contribution >= 4 is 21.4 Å². The van der Waals surface area contributed by atoms with Crippen LogP contribution in [0.3, 0.4) is 0 Å². The summed E-state index contributed by atoms with van der Waals surface area (Å²) >= 11 is 0. The third-order valence-electron chi connectivity index (χ3n) is 2.96. The smallest absolute Gasteiger partial charge is 0.239 e. The summed E-state index contributed by atoms with van der Waals surface area (Å²) in [5, 5.41) is 9.22. The second-order valence-electron chi connectivity index (χ2n) is 4.48. The number of nitrogen functional groups attached to an aromatic ring is 1. The molecule has 2 rings (SSSR count). The van der Waals surface area contributed by atoms with Crippen LogP contribution in [0.2, 0.25) is 0 Å². The highest BCUT2D eigenvalue weighted by atomic mass is 32.2. The van der Waals surface area contributed by atoms with Crippen molar-refractivity contribution in [2.24, 2.45) is 0 Å². The van der Waals surface area contributed by atoms with E-state index in [4.69, 9.17) is 5.73 Å². The Hall–Kier alpha value is -2.21. The van der Waals surface area contributed by atoms with Crippen molar-refractivity contribution in [2.45, 2.75) is 5.75 Å². The van der Waals surface area contributed by atoms with Crippen molar-refractivity contribution in [3.05, 3.63) is 54.1 Å². The van der Waals surface area contributed by atoms with Crippen molar-refractivity contribution in [3.8, 4) is 5.75 Å². The molecule has 0 atom stereocenters. The first-order valence-electron chi connectivity index (χ1n) is 5.98. The van der Waals surface area contributed by atoms with Crippen molar-refractivity contribution in [1.29, 1.82) is 0 Å². The molecule has 0 unspecified atom stereocenters. The first kappa shape index (κ1) is 14.2. The van der Waals surface area contributed by atoms with Gasteiger partial charge in [-0.15, -0.1) is 0 Å². The summed E-state index contributed by atoms with van der Waals surface area (Å²) in [7, 11) is -2.00. The summed E-state index contributed by atoms with van der Waals surface area (Å²) in [6, 6.07) is 12.7. The van der Waals surface area contributed by atoms with E-state index in [9.17, 15) is 13.5 Å². The zero-order valence-corrected chi connectivity index (χ0v) is 11.8. The largest absolute Gasteiger partial charge is 0.508 e. The van der Waals surface area contributed by atoms with E-state index in [-0.39, 0.29) is 11.5 Å². The summed E-state index contributed by atoms with van der Waals surface area (Å²) in [4.78, 5) is 0. The molecule has 0 heterocycles. The van der Waals surface area contributed by atoms with Crippen LogP contribution in [-0.2, 0) is 15.8 Å². The summed E-state index contributed by atoms with van der Waals surface area (Å²) in [5.74, 6) is -0.0110. The Labute approximate surface area is 118 Å². The van der Waals surface area contributed by atoms with Crippen LogP contribution in [0, 0.1) is 0 Å². The summed E-state index contributed by atoms with van der Waals surface area (Å²) in [6.07, 6.45) is 0. The van der Waals surface area contributed by atoms with Gasteiger partial charge in [-0.3, -0.25) is 4.31 Å². The van der Waals surface area contributed by atoms with Crippen LogP contribution in [0.4, 0.5) is 11.4 Å². The molecule has 0 saturated heterocycles. The highest BCUT2D eigenvalue weighted by molar-refractivity contribution is 7.92. The average molecular weight is 292 g/mol. The highest BCUT2D eigenvalue weighted by Crippen LogP contribution is 2.21. The number of anilines is 2. The fraction of sp³-hybridized carbons (Fsp3) is 0.143. The van der Waals surface area contributed by atoms with Crippen molar-refractivity contribution in [2.75, 3.05) is 17.1 Å². The maximum absolute atomic E-state index is 12.3. The van der Waals surface area contributed by atoms with Gasteiger partial charge in [-0.25, -0.2) is 8.42 Å². The van der Waals surface area contributed by atoms with Crippen LogP contribution in [0.25, 0.3) is 0 Å². The standard InChI is InChI=1S/C14H16N2O3S/c1-16(13-6-8-14(17)9-7-13)20(18,19)10-11-2-4-12(15)5-3-11/h2-9,17H,10,15H2,1H3. The predicted octanol–water partition coefficient (Wildman–Crippen LogP) is 1.94. The summed E-state index contributed by atoms with van der Waals surface area (Å²) in [5.41, 5.74) is 7.34. The fourth-order valence-electron chi connectivity index (χ4n) is 1.74.